The number of aromatic hydroxyl groups is 1. The highest BCUT2D eigenvalue weighted by atomic mass is 16.3. The first-order valence-electron chi connectivity index (χ1n) is 13.5. The summed E-state index contributed by atoms with van der Waals surface area (Å²) >= 11 is 0. The van der Waals surface area contributed by atoms with Crippen LogP contribution in [0.3, 0.4) is 0 Å². The molecule has 0 aliphatic carbocycles. The Kier molecular flexibility index (Phi) is 5.28. The maximum absolute atomic E-state index is 10.5. The lowest BCUT2D eigenvalue weighted by Crippen LogP contribution is -2.55. The predicted molar refractivity (Wildman–Crippen MR) is 182 cm³/mol. The van der Waals surface area contributed by atoms with Crippen molar-refractivity contribution < 1.29 is 9.52 Å². The van der Waals surface area contributed by atoms with Crippen LogP contribution in [-0.4, -0.2) is 44.3 Å². The van der Waals surface area contributed by atoms with Gasteiger partial charge < -0.3 is 9.52 Å². The summed E-state index contributed by atoms with van der Waals surface area (Å²) in [5.41, 5.74) is 13.2. The Morgan fingerprint density at radius 1 is 0.462 bits per heavy atom. The van der Waals surface area contributed by atoms with Gasteiger partial charge in [-0.2, -0.15) is 0 Å². The van der Waals surface area contributed by atoms with Crippen LogP contribution in [0.15, 0.2) is 89.3 Å². The molecule has 0 unspecified atom stereocenters. The van der Waals surface area contributed by atoms with E-state index in [4.69, 9.17) is 4.42 Å². The summed E-state index contributed by atoms with van der Waals surface area (Å²) in [6, 6.07) is 29.4. The first-order valence-corrected chi connectivity index (χ1v) is 13.5. The molecule has 180 valence electrons. The quantitative estimate of drug-likeness (QED) is 0.275. The van der Waals surface area contributed by atoms with Crippen LogP contribution in [0.5, 0.6) is 5.75 Å². The van der Waals surface area contributed by atoms with E-state index in [1.54, 1.807) is 6.07 Å². The van der Waals surface area contributed by atoms with Gasteiger partial charge in [0, 0.05) is 5.39 Å². The van der Waals surface area contributed by atoms with E-state index in [1.165, 1.54) is 65.5 Å². The molecule has 1 heterocycles. The van der Waals surface area contributed by atoms with Crippen molar-refractivity contribution >= 4 is 110 Å². The average Bonchev–Trinajstić information content (AvgIpc) is 3.34. The molecule has 0 saturated heterocycles. The van der Waals surface area contributed by atoms with Gasteiger partial charge in [0.15, 0.2) is 0 Å². The number of furan rings is 1. The number of phenols is 1. The maximum atomic E-state index is 10.5. The van der Waals surface area contributed by atoms with Crippen molar-refractivity contribution in [3.05, 3.63) is 84.9 Å². The molecule has 6 aromatic carbocycles. The molecule has 2 nitrogen and oxygen atoms in total. The largest absolute Gasteiger partial charge is 0.507 e. The minimum Gasteiger partial charge on any atom is -0.507 e. The predicted octanol–water partition coefficient (Wildman–Crippen LogP) is 0.224. The van der Waals surface area contributed by atoms with Gasteiger partial charge in [0.1, 0.15) is 56.1 Å². The van der Waals surface area contributed by atoms with Crippen LogP contribution in [0.2, 0.25) is 0 Å². The second-order valence-electron chi connectivity index (χ2n) is 10.8. The number of rotatable bonds is 2. The van der Waals surface area contributed by atoms with Gasteiger partial charge in [-0.05, 0) is 68.1 Å². The molecule has 0 aliphatic heterocycles. The monoisotopic (exact) mass is 496 g/mol. The zero-order valence-corrected chi connectivity index (χ0v) is 22.9. The molecule has 7 heteroatoms. The Bertz CT molecular complexity index is 2060. The van der Waals surface area contributed by atoms with Gasteiger partial charge in [-0.25, -0.2) is 0 Å². The summed E-state index contributed by atoms with van der Waals surface area (Å²) in [4.78, 5) is 0. The fraction of sp³-hybridized carbons (Fsp3) is 0. The Hall–Kier alpha value is -4.24. The summed E-state index contributed by atoms with van der Waals surface area (Å²) in [6.45, 7) is 0. The molecule has 0 fully saturated rings. The molecule has 1 N–H and O–H groups in total. The Balaban J connectivity index is 1.62. The molecule has 0 radical (unpaired) electrons. The van der Waals surface area contributed by atoms with Gasteiger partial charge in [0.05, 0.1) is 5.39 Å². The van der Waals surface area contributed by atoms with E-state index in [2.05, 4.69) is 106 Å². The highest BCUT2D eigenvalue weighted by Crippen LogP contribution is 2.44. The molecular weight excluding hydrogens is 470 g/mol. The summed E-state index contributed by atoms with van der Waals surface area (Å²) in [5.74, 6) is 0.244. The lowest BCUT2D eigenvalue weighted by atomic mass is 9.59. The van der Waals surface area contributed by atoms with Crippen molar-refractivity contribution in [2.24, 2.45) is 0 Å². The molecule has 0 saturated carbocycles. The van der Waals surface area contributed by atoms with E-state index in [0.717, 1.165) is 21.9 Å². The SMILES string of the molecule is Bc1c(B)c(B)c(-c2c3ccccc3c(-c3ccc4c(c3)oc3cccc(O)c34)c3ccccc23)c(B)c1B. The molecule has 0 amide bonds. The molecular formula is C32H25B5O2. The van der Waals surface area contributed by atoms with Crippen molar-refractivity contribution in [1.82, 2.24) is 0 Å². The summed E-state index contributed by atoms with van der Waals surface area (Å²) < 4.78 is 6.22. The third kappa shape index (κ3) is 3.36. The minimum absolute atomic E-state index is 0.244. The molecule has 0 aliphatic rings. The standard InChI is InChI=1S/C32H25B5O2/c33-28-27(29(34)31(36)32(37)30(28)35)25-18-8-3-1-6-16(18)24(17-7-2-4-9-19(17)25)15-12-13-20-23(14-15)39-22-11-5-10-21(38)26(20)22/h1-14,38H,33-37H2. The van der Waals surface area contributed by atoms with Crippen LogP contribution in [0.1, 0.15) is 0 Å². The van der Waals surface area contributed by atoms with E-state index in [0.29, 0.717) is 5.58 Å². The fourth-order valence-electron chi connectivity index (χ4n) is 6.55. The van der Waals surface area contributed by atoms with Crippen LogP contribution in [0, 0.1) is 0 Å². The van der Waals surface area contributed by atoms with Crippen LogP contribution < -0.4 is 27.3 Å². The first-order chi connectivity index (χ1) is 18.9. The van der Waals surface area contributed by atoms with Gasteiger partial charge in [0.25, 0.3) is 0 Å². The molecule has 0 atom stereocenters. The van der Waals surface area contributed by atoms with Gasteiger partial charge in [-0.15, -0.1) is 16.4 Å². The smallest absolute Gasteiger partial charge is 0.139 e. The van der Waals surface area contributed by atoms with E-state index in [1.807, 2.05) is 12.1 Å². The number of hydrogen-bond acceptors (Lipinski definition) is 2. The highest BCUT2D eigenvalue weighted by molar-refractivity contribution is 6.69. The van der Waals surface area contributed by atoms with Gasteiger partial charge >= 0.3 is 0 Å². The molecule has 0 spiro atoms. The molecule has 0 bridgehead atoms. The summed E-state index contributed by atoms with van der Waals surface area (Å²) in [5, 5.41) is 17.1. The second-order valence-corrected chi connectivity index (χ2v) is 10.8. The zero-order chi connectivity index (χ0) is 27.0. The fourth-order valence-corrected chi connectivity index (χ4v) is 6.55. The van der Waals surface area contributed by atoms with Gasteiger partial charge in [0.2, 0.25) is 0 Å². The second kappa shape index (κ2) is 8.64. The lowest BCUT2D eigenvalue weighted by Gasteiger charge is -2.24. The minimum atomic E-state index is 0.244. The zero-order valence-electron chi connectivity index (χ0n) is 22.9. The maximum Gasteiger partial charge on any atom is 0.139 e. The van der Waals surface area contributed by atoms with Crippen molar-refractivity contribution in [3.63, 3.8) is 0 Å². The Morgan fingerprint density at radius 2 is 1.00 bits per heavy atom. The van der Waals surface area contributed by atoms with E-state index >= 15 is 0 Å². The average molecular weight is 496 g/mol. The molecule has 1 aromatic heterocycles. The van der Waals surface area contributed by atoms with Crippen LogP contribution in [0.4, 0.5) is 0 Å². The van der Waals surface area contributed by atoms with Gasteiger partial charge in [-0.1, -0.05) is 71.6 Å². The third-order valence-corrected chi connectivity index (χ3v) is 8.95. The number of fused-ring (bicyclic) bond motifs is 5. The highest BCUT2D eigenvalue weighted by Gasteiger charge is 2.21. The Labute approximate surface area is 232 Å². The van der Waals surface area contributed by atoms with E-state index in [-0.39, 0.29) is 5.75 Å². The topological polar surface area (TPSA) is 33.4 Å². The Morgan fingerprint density at radius 3 is 1.59 bits per heavy atom. The van der Waals surface area contributed by atoms with Crippen molar-refractivity contribution in [1.29, 1.82) is 0 Å². The van der Waals surface area contributed by atoms with Crippen LogP contribution in [-0.2, 0) is 0 Å². The molecule has 7 aromatic rings. The first kappa shape index (κ1) is 23.9. The summed E-state index contributed by atoms with van der Waals surface area (Å²) in [7, 11) is 11.3. The van der Waals surface area contributed by atoms with Crippen molar-refractivity contribution in [3.8, 4) is 28.0 Å². The van der Waals surface area contributed by atoms with E-state index < -0.39 is 0 Å². The van der Waals surface area contributed by atoms with E-state index in [9.17, 15) is 5.11 Å². The molecule has 7 rings (SSSR count). The van der Waals surface area contributed by atoms with Crippen LogP contribution >= 0.6 is 0 Å². The number of phenolic OH excluding ortho intramolecular Hbond substituents is 1. The normalized spacial score (nSPS) is 11.7. The lowest BCUT2D eigenvalue weighted by molar-refractivity contribution is 0.481. The van der Waals surface area contributed by atoms with Crippen LogP contribution in [0.25, 0.3) is 65.7 Å². The molecule has 39 heavy (non-hydrogen) atoms. The summed E-state index contributed by atoms with van der Waals surface area (Å²) in [6.07, 6.45) is 0. The van der Waals surface area contributed by atoms with Crippen molar-refractivity contribution in [2.45, 2.75) is 0 Å². The number of hydrogen-bond donors (Lipinski definition) is 1. The number of benzene rings is 6. The third-order valence-electron chi connectivity index (χ3n) is 8.95. The van der Waals surface area contributed by atoms with Crippen molar-refractivity contribution in [2.75, 3.05) is 0 Å². The van der Waals surface area contributed by atoms with Gasteiger partial charge in [-0.3, -0.25) is 0 Å².